The normalized spacial score (nSPS) is 16.9. The smallest absolute Gasteiger partial charge is 0.269 e. The lowest BCUT2D eigenvalue weighted by molar-refractivity contribution is -0.119. The predicted molar refractivity (Wildman–Crippen MR) is 125 cm³/mol. The molecule has 5 rings (SSSR count). The first kappa shape index (κ1) is 19.9. The van der Waals surface area contributed by atoms with E-state index in [1.165, 1.54) is 0 Å². The molecular weight excluding hydrogens is 398 g/mol. The van der Waals surface area contributed by atoms with Crippen LogP contribution in [0.5, 0.6) is 5.88 Å². The van der Waals surface area contributed by atoms with E-state index in [1.807, 2.05) is 60.7 Å². The van der Waals surface area contributed by atoms with Gasteiger partial charge in [-0.15, -0.1) is 16.8 Å². The van der Waals surface area contributed by atoms with Crippen LogP contribution in [-0.4, -0.2) is 15.6 Å². The van der Waals surface area contributed by atoms with Gasteiger partial charge < -0.3 is 9.67 Å². The average molecular weight is 422 g/mol. The summed E-state index contributed by atoms with van der Waals surface area (Å²) in [7, 11) is 0. The number of amides is 1. The van der Waals surface area contributed by atoms with Crippen LogP contribution in [0.2, 0.25) is 0 Å². The van der Waals surface area contributed by atoms with Gasteiger partial charge in [-0.05, 0) is 23.6 Å². The van der Waals surface area contributed by atoms with Crippen LogP contribution in [0, 0.1) is 5.92 Å². The molecule has 1 amide bonds. The van der Waals surface area contributed by atoms with Crippen molar-refractivity contribution >= 4 is 22.5 Å². The number of para-hydroxylation sites is 1. The second kappa shape index (κ2) is 7.93. The molecule has 3 aromatic carbocycles. The number of aromatic nitrogens is 1. The molecule has 32 heavy (non-hydrogen) atoms. The number of carbonyl (C=O) groups excluding carboxylic acids is 1. The van der Waals surface area contributed by atoms with Crippen LogP contribution in [-0.2, 0) is 16.8 Å². The van der Waals surface area contributed by atoms with E-state index < -0.39 is 5.41 Å². The van der Waals surface area contributed by atoms with E-state index in [1.54, 1.807) is 10.6 Å². The largest absolute Gasteiger partial charge is 0.493 e. The zero-order valence-corrected chi connectivity index (χ0v) is 17.6. The topological polar surface area (TPSA) is 66.9 Å². The van der Waals surface area contributed by atoms with Crippen LogP contribution in [0.3, 0.4) is 0 Å². The highest BCUT2D eigenvalue weighted by atomic mass is 16.3. The second-order valence-corrected chi connectivity index (χ2v) is 8.09. The first-order chi connectivity index (χ1) is 15.7. The van der Waals surface area contributed by atoms with Crippen LogP contribution in [0.1, 0.15) is 17.5 Å². The highest BCUT2D eigenvalue weighted by molar-refractivity contribution is 5.95. The van der Waals surface area contributed by atoms with E-state index in [9.17, 15) is 9.90 Å². The first-order valence-corrected chi connectivity index (χ1v) is 10.6. The molecule has 1 aliphatic rings. The summed E-state index contributed by atoms with van der Waals surface area (Å²) < 4.78 is 1.70. The quantitative estimate of drug-likeness (QED) is 0.300. The van der Waals surface area contributed by atoms with E-state index in [2.05, 4.69) is 41.1 Å². The minimum Gasteiger partial charge on any atom is -0.493 e. The number of carbonyl (C=O) groups is 1. The van der Waals surface area contributed by atoms with Crippen LogP contribution in [0.15, 0.2) is 108 Å². The number of azo groups is 1. The van der Waals surface area contributed by atoms with E-state index in [0.29, 0.717) is 18.7 Å². The maximum Gasteiger partial charge on any atom is 0.269 e. The van der Waals surface area contributed by atoms with Crippen molar-refractivity contribution in [2.75, 3.05) is 0 Å². The fraction of sp³-hybridized carbons (Fsp3) is 0.148. The third-order valence-electron chi connectivity index (χ3n) is 6.31. The van der Waals surface area contributed by atoms with Crippen molar-refractivity contribution in [2.24, 2.45) is 16.1 Å². The minimum absolute atomic E-state index is 0.0178. The Morgan fingerprint density at radius 2 is 1.59 bits per heavy atom. The Balaban J connectivity index is 1.50. The number of hydrogen-bond acceptors (Lipinski definition) is 3. The molecule has 158 valence electrons. The van der Waals surface area contributed by atoms with Crippen molar-refractivity contribution in [3.63, 3.8) is 0 Å². The van der Waals surface area contributed by atoms with Crippen molar-refractivity contribution in [1.29, 1.82) is 0 Å². The molecule has 0 radical (unpaired) electrons. The Hall–Kier alpha value is -3.99. The highest BCUT2D eigenvalue weighted by Gasteiger charge is 2.60. The summed E-state index contributed by atoms with van der Waals surface area (Å²) in [6.07, 6.45) is 2.39. The molecule has 4 aromatic rings. The van der Waals surface area contributed by atoms with Gasteiger partial charge >= 0.3 is 0 Å². The van der Waals surface area contributed by atoms with E-state index in [-0.39, 0.29) is 17.7 Å². The van der Waals surface area contributed by atoms with Gasteiger partial charge in [-0.25, -0.2) is 0 Å². The predicted octanol–water partition coefficient (Wildman–Crippen LogP) is 6.15. The zero-order chi connectivity index (χ0) is 22.1. The second-order valence-electron chi connectivity index (χ2n) is 8.09. The van der Waals surface area contributed by atoms with Gasteiger partial charge in [-0.3, -0.25) is 4.79 Å². The summed E-state index contributed by atoms with van der Waals surface area (Å²) in [5.74, 6) is -0.590. The Morgan fingerprint density at radius 1 is 1.00 bits per heavy atom. The first-order valence-electron chi connectivity index (χ1n) is 10.6. The lowest BCUT2D eigenvalue weighted by Gasteiger charge is -2.17. The molecule has 1 N–H and O–H groups in total. The Morgan fingerprint density at radius 3 is 2.22 bits per heavy atom. The van der Waals surface area contributed by atoms with Gasteiger partial charge in [-0.1, -0.05) is 84.9 Å². The maximum atomic E-state index is 13.2. The van der Waals surface area contributed by atoms with Crippen molar-refractivity contribution in [1.82, 2.24) is 4.57 Å². The molecule has 5 heteroatoms. The fourth-order valence-corrected chi connectivity index (χ4v) is 4.69. The average Bonchev–Trinajstić information content (AvgIpc) is 3.55. The van der Waals surface area contributed by atoms with Gasteiger partial charge in [0.25, 0.3) is 5.91 Å². The molecule has 1 saturated carbocycles. The molecule has 1 heterocycles. The summed E-state index contributed by atoms with van der Waals surface area (Å²) >= 11 is 0. The zero-order valence-electron chi connectivity index (χ0n) is 17.6. The Kier molecular flexibility index (Phi) is 4.94. The minimum atomic E-state index is -0.391. The summed E-state index contributed by atoms with van der Waals surface area (Å²) in [6.45, 7) is 4.19. The SMILES string of the molecule is C=CCn1c(O)c(N=NC(=O)[C@@H]2CC2(c2ccccc2)c2ccccc2)c2ccccc21. The van der Waals surface area contributed by atoms with Crippen molar-refractivity contribution in [3.8, 4) is 5.88 Å². The summed E-state index contributed by atoms with van der Waals surface area (Å²) in [5, 5.41) is 19.8. The van der Waals surface area contributed by atoms with Gasteiger partial charge in [0.15, 0.2) is 5.69 Å². The monoisotopic (exact) mass is 421 g/mol. The standard InChI is InChI=1S/C27H23N3O2/c1-2-17-30-23-16-10-9-15-21(23)24(26(30)32)28-29-25(31)22-18-27(22,19-11-5-3-6-12-19)20-13-7-4-8-14-20/h2-16,22,32H,1,17-18H2/t22-/m0/s1. The molecule has 1 atom stereocenters. The Bertz CT molecular complexity index is 1280. The van der Waals surface area contributed by atoms with Crippen LogP contribution in [0.4, 0.5) is 5.69 Å². The van der Waals surface area contributed by atoms with Crippen LogP contribution >= 0.6 is 0 Å². The van der Waals surface area contributed by atoms with Gasteiger partial charge in [-0.2, -0.15) is 0 Å². The molecule has 0 aliphatic heterocycles. The van der Waals surface area contributed by atoms with Crippen molar-refractivity contribution in [2.45, 2.75) is 18.4 Å². The molecular formula is C27H23N3O2. The number of rotatable bonds is 6. The molecule has 1 fully saturated rings. The van der Waals surface area contributed by atoms with Crippen LogP contribution < -0.4 is 0 Å². The third kappa shape index (κ3) is 3.14. The summed E-state index contributed by atoms with van der Waals surface area (Å²) in [4.78, 5) is 13.2. The lowest BCUT2D eigenvalue weighted by Crippen LogP contribution is -2.16. The fourth-order valence-electron chi connectivity index (χ4n) is 4.69. The molecule has 0 saturated heterocycles. The number of fused-ring (bicyclic) bond motifs is 1. The molecule has 5 nitrogen and oxygen atoms in total. The van der Waals surface area contributed by atoms with Crippen molar-refractivity contribution < 1.29 is 9.90 Å². The van der Waals surface area contributed by atoms with Crippen LogP contribution in [0.25, 0.3) is 10.9 Å². The third-order valence-corrected chi connectivity index (χ3v) is 6.31. The molecule has 1 aromatic heterocycles. The van der Waals surface area contributed by atoms with Gasteiger partial charge in [0, 0.05) is 17.3 Å². The number of aromatic hydroxyl groups is 1. The number of hydrogen-bond donors (Lipinski definition) is 1. The molecule has 0 spiro atoms. The number of nitrogens with zero attached hydrogens (tertiary/aromatic N) is 3. The molecule has 0 unspecified atom stereocenters. The van der Waals surface area contributed by atoms with E-state index in [4.69, 9.17) is 0 Å². The van der Waals surface area contributed by atoms with Gasteiger partial charge in [0.2, 0.25) is 5.88 Å². The number of allylic oxidation sites excluding steroid dienone is 1. The van der Waals surface area contributed by atoms with Crippen molar-refractivity contribution in [3.05, 3.63) is 109 Å². The summed E-state index contributed by atoms with van der Waals surface area (Å²) in [5.41, 5.74) is 2.94. The van der Waals surface area contributed by atoms with Gasteiger partial charge in [0.1, 0.15) is 0 Å². The van der Waals surface area contributed by atoms with Gasteiger partial charge in [0.05, 0.1) is 11.4 Å². The summed E-state index contributed by atoms with van der Waals surface area (Å²) in [6, 6.07) is 27.7. The highest BCUT2D eigenvalue weighted by Crippen LogP contribution is 2.59. The van der Waals surface area contributed by atoms with E-state index >= 15 is 0 Å². The molecule has 1 aliphatic carbocycles. The van der Waals surface area contributed by atoms with E-state index in [0.717, 1.165) is 22.0 Å². The maximum absolute atomic E-state index is 13.2. The number of benzene rings is 3. The lowest BCUT2D eigenvalue weighted by atomic mass is 9.85. The molecule has 0 bridgehead atoms. The Labute approximate surface area is 186 Å².